The van der Waals surface area contributed by atoms with E-state index in [1.165, 1.54) is 18.9 Å². The lowest BCUT2D eigenvalue weighted by Gasteiger charge is -2.10. The molecule has 0 saturated heterocycles. The molecule has 0 bridgehead atoms. The van der Waals surface area contributed by atoms with Crippen molar-refractivity contribution < 1.29 is 9.53 Å². The molecule has 2 N–H and O–H groups in total. The molecule has 94 valence electrons. The van der Waals surface area contributed by atoms with Crippen molar-refractivity contribution >= 4 is 40.9 Å². The number of halogens is 2. The Bertz CT molecular complexity index is 381. The van der Waals surface area contributed by atoms with Crippen molar-refractivity contribution in [2.24, 2.45) is 5.73 Å². The van der Waals surface area contributed by atoms with Crippen molar-refractivity contribution in [2.45, 2.75) is 11.8 Å². The van der Waals surface area contributed by atoms with E-state index in [0.29, 0.717) is 21.6 Å². The van der Waals surface area contributed by atoms with Crippen molar-refractivity contribution in [3.8, 4) is 0 Å². The van der Waals surface area contributed by atoms with Crippen LogP contribution in [0.1, 0.15) is 5.56 Å². The van der Waals surface area contributed by atoms with Crippen LogP contribution < -0.4 is 5.73 Å². The summed E-state index contributed by atoms with van der Waals surface area (Å²) in [6, 6.07) is 4.73. The Labute approximate surface area is 115 Å². The number of hydrogen-bond acceptors (Lipinski definition) is 4. The molecule has 6 heteroatoms. The van der Waals surface area contributed by atoms with Crippen LogP contribution in [0.2, 0.25) is 10.0 Å². The van der Waals surface area contributed by atoms with Gasteiger partial charge in [-0.25, -0.2) is 0 Å². The monoisotopic (exact) mass is 293 g/mol. The molecule has 1 rings (SSSR count). The number of nitrogens with two attached hydrogens (primary N) is 1. The molecule has 0 fully saturated rings. The number of hydrogen-bond donors (Lipinski definition) is 1. The number of ether oxygens (including phenoxy) is 1. The standard InChI is InChI=1S/C11H13Cl2NO2S/c1-16-11(15)10(14)6-17-5-7-8(12)3-2-4-9(7)13/h2-4,10H,5-6,14H2,1H3. The Morgan fingerprint density at radius 1 is 1.47 bits per heavy atom. The minimum absolute atomic E-state index is 0.414. The summed E-state index contributed by atoms with van der Waals surface area (Å²) in [6.07, 6.45) is 0. The number of thioether (sulfide) groups is 1. The number of carbonyl (C=O) groups is 1. The van der Waals surface area contributed by atoms with Gasteiger partial charge >= 0.3 is 5.97 Å². The lowest BCUT2D eigenvalue weighted by atomic mass is 10.2. The molecule has 1 aromatic rings. The van der Waals surface area contributed by atoms with Crippen molar-refractivity contribution in [3.05, 3.63) is 33.8 Å². The third kappa shape index (κ3) is 4.39. The highest BCUT2D eigenvalue weighted by Crippen LogP contribution is 2.28. The fraction of sp³-hybridized carbons (Fsp3) is 0.364. The summed E-state index contributed by atoms with van der Waals surface area (Å²) in [6.45, 7) is 0. The molecule has 0 aliphatic carbocycles. The molecule has 0 aromatic heterocycles. The Kier molecular flexibility index (Phi) is 6.12. The topological polar surface area (TPSA) is 52.3 Å². The normalized spacial score (nSPS) is 12.2. The maximum atomic E-state index is 11.1. The highest BCUT2D eigenvalue weighted by Gasteiger charge is 2.14. The minimum Gasteiger partial charge on any atom is -0.468 e. The molecule has 0 amide bonds. The Morgan fingerprint density at radius 2 is 2.06 bits per heavy atom. The predicted octanol–water partition coefficient (Wildman–Crippen LogP) is 2.73. The number of methoxy groups -OCH3 is 1. The number of benzene rings is 1. The molecule has 1 atom stereocenters. The van der Waals surface area contributed by atoms with Gasteiger partial charge in [0.15, 0.2) is 0 Å². The molecule has 0 heterocycles. The predicted molar refractivity (Wildman–Crippen MR) is 72.6 cm³/mol. The summed E-state index contributed by atoms with van der Waals surface area (Å²) < 4.78 is 4.53. The summed E-state index contributed by atoms with van der Waals surface area (Å²) in [7, 11) is 1.32. The first-order chi connectivity index (χ1) is 8.06. The average Bonchev–Trinajstić information content (AvgIpc) is 2.31. The van der Waals surface area contributed by atoms with E-state index in [-0.39, 0.29) is 0 Å². The fourth-order valence-electron chi connectivity index (χ4n) is 1.18. The van der Waals surface area contributed by atoms with E-state index in [4.69, 9.17) is 28.9 Å². The maximum absolute atomic E-state index is 11.1. The number of esters is 1. The molecule has 3 nitrogen and oxygen atoms in total. The zero-order valence-corrected chi connectivity index (χ0v) is 11.6. The zero-order valence-electron chi connectivity index (χ0n) is 9.28. The van der Waals surface area contributed by atoms with Gasteiger partial charge in [-0.2, -0.15) is 11.8 Å². The third-order valence-electron chi connectivity index (χ3n) is 2.11. The first-order valence-electron chi connectivity index (χ1n) is 4.90. The smallest absolute Gasteiger partial charge is 0.323 e. The summed E-state index contributed by atoms with van der Waals surface area (Å²) >= 11 is 13.5. The van der Waals surface area contributed by atoms with Gasteiger partial charge in [0.25, 0.3) is 0 Å². The van der Waals surface area contributed by atoms with Crippen LogP contribution in [0.4, 0.5) is 0 Å². The van der Waals surface area contributed by atoms with E-state index < -0.39 is 12.0 Å². The summed E-state index contributed by atoms with van der Waals surface area (Å²) in [5.41, 5.74) is 6.47. The molecule has 17 heavy (non-hydrogen) atoms. The van der Waals surface area contributed by atoms with Crippen molar-refractivity contribution in [2.75, 3.05) is 12.9 Å². The van der Waals surface area contributed by atoms with Gasteiger partial charge in [0.05, 0.1) is 7.11 Å². The summed E-state index contributed by atoms with van der Waals surface area (Å²) in [5.74, 6) is 0.667. The lowest BCUT2D eigenvalue weighted by Crippen LogP contribution is -2.33. The molecule has 0 aliphatic rings. The number of carbonyl (C=O) groups excluding carboxylic acids is 1. The second-order valence-corrected chi connectivity index (χ2v) is 5.19. The molecular weight excluding hydrogens is 281 g/mol. The van der Waals surface area contributed by atoms with Gasteiger partial charge in [-0.15, -0.1) is 0 Å². The first-order valence-corrected chi connectivity index (χ1v) is 6.81. The quantitative estimate of drug-likeness (QED) is 0.848. The van der Waals surface area contributed by atoms with E-state index in [0.717, 1.165) is 5.56 Å². The molecule has 1 unspecified atom stereocenters. The van der Waals surface area contributed by atoms with E-state index in [1.807, 2.05) is 0 Å². The van der Waals surface area contributed by atoms with Gasteiger partial charge in [-0.3, -0.25) is 4.79 Å². The number of rotatable bonds is 5. The second-order valence-electron chi connectivity index (χ2n) is 3.34. The largest absolute Gasteiger partial charge is 0.468 e. The Morgan fingerprint density at radius 3 is 2.59 bits per heavy atom. The molecule has 0 radical (unpaired) electrons. The van der Waals surface area contributed by atoms with Crippen LogP contribution in [-0.4, -0.2) is 24.9 Å². The average molecular weight is 294 g/mol. The van der Waals surface area contributed by atoms with E-state index >= 15 is 0 Å². The van der Waals surface area contributed by atoms with Crippen LogP contribution in [0.3, 0.4) is 0 Å². The Balaban J connectivity index is 2.49. The highest BCUT2D eigenvalue weighted by molar-refractivity contribution is 7.98. The summed E-state index contributed by atoms with van der Waals surface area (Å²) in [4.78, 5) is 11.1. The van der Waals surface area contributed by atoms with E-state index in [1.54, 1.807) is 18.2 Å². The van der Waals surface area contributed by atoms with Crippen molar-refractivity contribution in [1.82, 2.24) is 0 Å². The van der Waals surface area contributed by atoms with Crippen molar-refractivity contribution in [3.63, 3.8) is 0 Å². The molecule has 0 spiro atoms. The zero-order chi connectivity index (χ0) is 12.8. The Hall–Kier alpha value is -0.420. The van der Waals surface area contributed by atoms with Crippen LogP contribution in [0, 0.1) is 0 Å². The van der Waals surface area contributed by atoms with Crippen LogP contribution in [0.5, 0.6) is 0 Å². The van der Waals surface area contributed by atoms with Gasteiger partial charge in [-0.05, 0) is 17.7 Å². The minimum atomic E-state index is -0.619. The van der Waals surface area contributed by atoms with Gasteiger partial charge < -0.3 is 10.5 Å². The first kappa shape index (κ1) is 14.6. The third-order valence-corrected chi connectivity index (χ3v) is 3.91. The molecule has 1 aromatic carbocycles. The highest BCUT2D eigenvalue weighted by atomic mass is 35.5. The summed E-state index contributed by atoms with van der Waals surface area (Å²) in [5, 5.41) is 1.24. The fourth-order valence-corrected chi connectivity index (χ4v) is 2.89. The van der Waals surface area contributed by atoms with Gasteiger partial charge in [0, 0.05) is 21.6 Å². The molecule has 0 aliphatic heterocycles. The SMILES string of the molecule is COC(=O)C(N)CSCc1c(Cl)cccc1Cl. The molecule has 0 saturated carbocycles. The van der Waals surface area contributed by atoms with Gasteiger partial charge in [-0.1, -0.05) is 29.3 Å². The maximum Gasteiger partial charge on any atom is 0.323 e. The van der Waals surface area contributed by atoms with E-state index in [2.05, 4.69) is 4.74 Å². The van der Waals surface area contributed by atoms with Crippen molar-refractivity contribution in [1.29, 1.82) is 0 Å². The van der Waals surface area contributed by atoms with Gasteiger partial charge in [0.1, 0.15) is 6.04 Å². The second kappa shape index (κ2) is 7.11. The van der Waals surface area contributed by atoms with E-state index in [9.17, 15) is 4.79 Å². The van der Waals surface area contributed by atoms with Crippen LogP contribution in [-0.2, 0) is 15.3 Å². The van der Waals surface area contributed by atoms with Crippen LogP contribution >= 0.6 is 35.0 Å². The molecular formula is C11H13Cl2NO2S. The van der Waals surface area contributed by atoms with Gasteiger partial charge in [0.2, 0.25) is 0 Å². The van der Waals surface area contributed by atoms with Crippen LogP contribution in [0.25, 0.3) is 0 Å². The van der Waals surface area contributed by atoms with Crippen LogP contribution in [0.15, 0.2) is 18.2 Å². The lowest BCUT2D eigenvalue weighted by molar-refractivity contribution is -0.141.